The molecule has 0 amide bonds. The molecule has 2 spiro atoms. The maximum atomic E-state index is 12.8. The monoisotopic (exact) mass is 981 g/mol. The van der Waals surface area contributed by atoms with Crippen LogP contribution in [0.3, 0.4) is 0 Å². The molecule has 0 saturated carbocycles. The number of hydrogen-bond donors (Lipinski definition) is 1. The van der Waals surface area contributed by atoms with Crippen LogP contribution in [-0.2, 0) is 21.7 Å². The van der Waals surface area contributed by atoms with Crippen molar-refractivity contribution in [3.8, 4) is 5.75 Å². The van der Waals surface area contributed by atoms with Crippen molar-refractivity contribution in [2.45, 2.75) is 69.2 Å². The molecular weight excluding hydrogens is 955 g/mol. The van der Waals surface area contributed by atoms with Crippen molar-refractivity contribution in [2.24, 2.45) is 0 Å². The lowest BCUT2D eigenvalue weighted by Gasteiger charge is -2.52. The Morgan fingerprint density at radius 2 is 0.481 bits per heavy atom. The highest BCUT2D eigenvalue weighted by molar-refractivity contribution is 6.82. The Morgan fingerprint density at radius 1 is 0.304 bits per heavy atom. The highest BCUT2D eigenvalue weighted by atomic mass is 16.3. The van der Waals surface area contributed by atoms with Gasteiger partial charge in [0.2, 0.25) is 0 Å². The van der Waals surface area contributed by atoms with E-state index in [0.29, 0.717) is 5.75 Å². The van der Waals surface area contributed by atoms with E-state index in [-0.39, 0.29) is 22.3 Å². The molecule has 0 radical (unpaired) electrons. The van der Waals surface area contributed by atoms with Crippen molar-refractivity contribution in [1.82, 2.24) is 4.90 Å². The predicted octanol–water partition coefficient (Wildman–Crippen LogP) is 20.3. The van der Waals surface area contributed by atoms with E-state index in [9.17, 15) is 5.11 Å². The van der Waals surface area contributed by atoms with E-state index in [1.54, 1.807) is 313 Å². The van der Waals surface area contributed by atoms with Gasteiger partial charge in [-0.15, -0.1) is 0 Å². The molecule has 0 bridgehead atoms. The molecule has 2 nitrogen and oxygen atoms in total. The van der Waals surface area contributed by atoms with E-state index in [4.69, 9.17) is 0 Å². The first-order chi connectivity index (χ1) is 38.5. The van der Waals surface area contributed by atoms with Gasteiger partial charge in [-0.2, -0.15) is 0 Å². The third kappa shape index (κ3) is 1.87. The first kappa shape index (κ1) is 32.4. The summed E-state index contributed by atoms with van der Waals surface area (Å²) in [5, 5.41) is 102. The fourth-order valence-electron chi connectivity index (χ4n) is 27.5. The van der Waals surface area contributed by atoms with E-state index in [1.807, 2.05) is 0 Å². The number of nitrogens with zero attached hydrogens (tertiary/aromatic N) is 1. The molecule has 346 valence electrons. The van der Waals surface area contributed by atoms with Gasteiger partial charge < -0.3 is 5.11 Å². The zero-order chi connectivity index (χ0) is 49.1. The van der Waals surface area contributed by atoms with Gasteiger partial charge in [0.05, 0.1) is 10.8 Å². The lowest BCUT2D eigenvalue weighted by atomic mass is 9.47. The number of hydrogen-bond acceptors (Lipinski definition) is 2. The predicted molar refractivity (Wildman–Crippen MR) is 335 cm³/mol. The van der Waals surface area contributed by atoms with Crippen LogP contribution in [0.1, 0.15) is 86.5 Å². The van der Waals surface area contributed by atoms with Crippen LogP contribution in [-0.4, -0.2) is 23.6 Å². The van der Waals surface area contributed by atoms with Gasteiger partial charge in [-0.1, -0.05) is 41.5 Å². The number of likely N-dealkylation sites (tertiary alicyclic amines) is 1. The van der Waals surface area contributed by atoms with Gasteiger partial charge >= 0.3 is 0 Å². The smallest absolute Gasteiger partial charge is 0.123 e. The molecule has 0 aromatic heterocycles. The van der Waals surface area contributed by atoms with E-state index in [1.165, 1.54) is 5.56 Å². The molecule has 1 fully saturated rings. The summed E-state index contributed by atoms with van der Waals surface area (Å²) in [5.41, 5.74) is 9.20. The zero-order valence-electron chi connectivity index (χ0n) is 43.3. The number of benzene rings is 19. The largest absolute Gasteiger partial charge is 0.507 e. The Bertz CT molecular complexity index is 7560. The molecule has 1 atom stereocenters. The molecule has 1 aliphatic heterocycles. The number of phenols is 1. The van der Waals surface area contributed by atoms with Crippen molar-refractivity contribution in [3.05, 3.63) is 51.1 Å². The maximum absolute atomic E-state index is 12.8. The standard InChI is InChI=1S/C77H27NO/c1-74(2,3)12-8-11(9-13(72(12)79)75(4,5)6)73-77-70-64-58-48-36-28-20-16-14-15-18-22(20)30(36)40-34-26(18)27-19(15)23-21-17(14)25-24(16)32-38(28)46-52-42(32)43-33(25)39-29(21)37-31(23)41-35(27)45-44(34)56(50(40)58)66(70)67-57(45)51(41)59-49(37)55-47(39)53(43)61-60(52)68(62(64)54(46)48)76(77,10-78(73)7)69(61)63(55)65(59)71(67)77/h8-9,73,79H,10H2,1-7H3. The molecule has 5 aliphatic rings. The molecule has 79 heavy (non-hydrogen) atoms. The normalized spacial score (nSPS) is 23.1. The van der Waals surface area contributed by atoms with Gasteiger partial charge in [0.15, 0.2) is 0 Å². The van der Waals surface area contributed by atoms with Gasteiger partial charge in [0.25, 0.3) is 0 Å². The third-order valence-corrected chi connectivity index (χ3v) is 28.0. The minimum atomic E-state index is -0.436. The maximum Gasteiger partial charge on any atom is 0.123 e. The fraction of sp³-hybridized carbons (Fsp3) is 0.169. The minimum Gasteiger partial charge on any atom is -0.507 e. The molecule has 29 aromatic carbocycles. The van der Waals surface area contributed by atoms with Gasteiger partial charge in [0.1, 0.15) is 5.75 Å². The minimum absolute atomic E-state index is 0.0195. The summed E-state index contributed by atoms with van der Waals surface area (Å²) < 4.78 is 0. The first-order valence-electron chi connectivity index (χ1n) is 29.8. The number of phenolic OH excluding ortho intramolecular Hbond substituents is 1. The Labute approximate surface area is 438 Å². The zero-order valence-corrected chi connectivity index (χ0v) is 43.3. The van der Waals surface area contributed by atoms with Gasteiger partial charge in [-0.25, -0.2) is 0 Å². The van der Waals surface area contributed by atoms with Crippen molar-refractivity contribution >= 4 is 291 Å². The van der Waals surface area contributed by atoms with E-state index < -0.39 is 5.41 Å². The van der Waals surface area contributed by atoms with Crippen LogP contribution in [0.25, 0.3) is 291 Å². The van der Waals surface area contributed by atoms with Crippen molar-refractivity contribution in [1.29, 1.82) is 0 Å². The molecule has 1 heterocycles. The van der Waals surface area contributed by atoms with E-state index in [2.05, 4.69) is 65.6 Å². The van der Waals surface area contributed by atoms with Crippen LogP contribution < -0.4 is 0 Å². The quantitative estimate of drug-likeness (QED) is 0.166. The number of aromatic hydroxyl groups is 1. The second-order valence-electron chi connectivity index (χ2n) is 31.2. The summed E-state index contributed by atoms with van der Waals surface area (Å²) in [6.07, 6.45) is 0. The Kier molecular flexibility index (Phi) is 3.01. The molecule has 29 aromatic rings. The fourth-order valence-corrected chi connectivity index (χ4v) is 27.5. The topological polar surface area (TPSA) is 23.5 Å². The Morgan fingerprint density at radius 3 is 0.671 bits per heavy atom. The summed E-state index contributed by atoms with van der Waals surface area (Å²) in [6, 6.07) is 5.13. The number of likely N-dealkylation sites (N-methyl/N-ethyl adjacent to an activating group) is 1. The SMILES string of the molecule is CN1CC23c4c5c6c7c8c9c(c%10c%11c2c2c4c4c%12c5c5c6c6c8c8c%13c9c9c%10c%10c%11c%11c2c2c4c4c%12c%12c5c5c6c8c6c8c%13c9c9c%10c%10c%11c2c2c4c4c%12c5c6c5c8c9c%10c2c45)C73C1c1cc(C(C)(C)C)c(O)c(C(C)(C)C)c1. The van der Waals surface area contributed by atoms with Crippen LogP contribution in [0.15, 0.2) is 12.1 Å². The second-order valence-corrected chi connectivity index (χ2v) is 31.2. The lowest BCUT2D eigenvalue weighted by molar-refractivity contribution is 0.270. The molecule has 1 N–H and O–H groups in total. The van der Waals surface area contributed by atoms with Crippen LogP contribution in [0.2, 0.25) is 0 Å². The third-order valence-electron chi connectivity index (χ3n) is 28.0. The van der Waals surface area contributed by atoms with Crippen molar-refractivity contribution in [2.75, 3.05) is 13.6 Å². The molecule has 1 unspecified atom stereocenters. The summed E-state index contributed by atoms with van der Waals surface area (Å²) >= 11 is 0. The second kappa shape index (κ2) is 7.34. The Hall–Kier alpha value is -8.56. The Balaban J connectivity index is 1.06. The van der Waals surface area contributed by atoms with Gasteiger partial charge in [0, 0.05) is 12.6 Å². The first-order valence-corrected chi connectivity index (χ1v) is 29.8. The van der Waals surface area contributed by atoms with Crippen molar-refractivity contribution < 1.29 is 5.11 Å². The van der Waals surface area contributed by atoms with E-state index >= 15 is 0 Å². The summed E-state index contributed by atoms with van der Waals surface area (Å²) in [5.74, 6) is 0.498. The van der Waals surface area contributed by atoms with Crippen LogP contribution in [0, 0.1) is 0 Å². The van der Waals surface area contributed by atoms with Crippen LogP contribution >= 0.6 is 0 Å². The van der Waals surface area contributed by atoms with Gasteiger partial charge in [-0.3, -0.25) is 4.90 Å². The van der Waals surface area contributed by atoms with Crippen molar-refractivity contribution in [3.63, 3.8) is 0 Å². The van der Waals surface area contributed by atoms with Crippen LogP contribution in [0.4, 0.5) is 0 Å². The average Bonchev–Trinajstić information content (AvgIpc) is 1.48. The van der Waals surface area contributed by atoms with E-state index in [0.717, 1.165) is 17.7 Å². The van der Waals surface area contributed by atoms with Crippen LogP contribution in [0.5, 0.6) is 5.75 Å². The molecule has 4 aliphatic carbocycles. The summed E-state index contributed by atoms with van der Waals surface area (Å²) in [6.45, 7) is 15.0. The summed E-state index contributed by atoms with van der Waals surface area (Å²) in [7, 11) is 2.57. The highest BCUT2D eigenvalue weighted by Crippen LogP contribution is 2.87. The molecular formula is C77H27NO. The molecule has 2 heteroatoms. The molecule has 34 rings (SSSR count). The average molecular weight is 982 g/mol. The van der Waals surface area contributed by atoms with Gasteiger partial charge in [-0.05, 0) is 360 Å². The number of rotatable bonds is 1. The highest BCUT2D eigenvalue weighted by Gasteiger charge is 2.76. The lowest BCUT2D eigenvalue weighted by Crippen LogP contribution is -2.52. The molecule has 1 saturated heterocycles. The summed E-state index contributed by atoms with van der Waals surface area (Å²) in [4.78, 5) is 2.94.